The topological polar surface area (TPSA) is 63.5 Å². The van der Waals surface area contributed by atoms with Crippen molar-refractivity contribution < 1.29 is 27.1 Å². The molecule has 2 unspecified atom stereocenters. The van der Waals surface area contributed by atoms with Crippen molar-refractivity contribution in [1.29, 1.82) is 0 Å². The molecule has 1 aliphatic heterocycles. The first-order chi connectivity index (χ1) is 16.3. The van der Waals surface area contributed by atoms with Gasteiger partial charge in [-0.2, -0.15) is 13.2 Å². The third kappa shape index (κ3) is 4.89. The number of halogens is 4. The number of benzene rings is 1. The van der Waals surface area contributed by atoms with Crippen molar-refractivity contribution in [2.75, 3.05) is 18.0 Å². The molecule has 3 aromatic rings. The van der Waals surface area contributed by atoms with Gasteiger partial charge >= 0.3 is 12.3 Å². The quantitative estimate of drug-likeness (QED) is 0.447. The zero-order valence-corrected chi connectivity index (χ0v) is 20.1. The minimum Gasteiger partial charge on any atom is -0.444 e. The van der Waals surface area contributed by atoms with Crippen LogP contribution in [0.4, 0.5) is 28.2 Å². The lowest BCUT2D eigenvalue weighted by Gasteiger charge is -2.44. The maximum Gasteiger partial charge on any atom is 0.418 e. The molecule has 0 N–H and O–H groups in total. The van der Waals surface area contributed by atoms with Crippen LogP contribution in [-0.4, -0.2) is 56.3 Å². The summed E-state index contributed by atoms with van der Waals surface area (Å²) in [5, 5.41) is -0.172. The number of carbonyl (C=O) groups is 1. The van der Waals surface area contributed by atoms with Crippen LogP contribution < -0.4 is 4.90 Å². The second-order valence-electron chi connectivity index (χ2n) is 9.77. The minimum absolute atomic E-state index is 0.0161. The van der Waals surface area contributed by atoms with Gasteiger partial charge in [0.25, 0.3) is 0 Å². The number of fused-ring (bicyclic) bond motifs is 1. The van der Waals surface area contributed by atoms with Gasteiger partial charge < -0.3 is 19.1 Å². The van der Waals surface area contributed by atoms with E-state index < -0.39 is 29.3 Å². The molecule has 0 saturated carbocycles. The monoisotopic (exact) mass is 493 g/mol. The van der Waals surface area contributed by atoms with E-state index in [0.717, 1.165) is 12.3 Å². The molecule has 2 atom stereocenters. The summed E-state index contributed by atoms with van der Waals surface area (Å²) >= 11 is 0. The fraction of sp³-hybridized carbons (Fsp3) is 0.458. The average Bonchev–Trinajstić information content (AvgIpc) is 3.14. The molecule has 2 aromatic heterocycles. The molecule has 188 valence electrons. The van der Waals surface area contributed by atoms with Crippen LogP contribution in [0.1, 0.15) is 40.2 Å². The molecule has 0 spiro atoms. The SMILES string of the molecule is CC1CN(c2ncnc3c2c(C(F)(F)F)cn3-c2cccc(F)c2)C(C)CN1C(=O)OC(C)(C)C. The number of ether oxygens (including phenoxy) is 1. The van der Waals surface area contributed by atoms with Crippen molar-refractivity contribution in [2.45, 2.75) is 58.5 Å². The highest BCUT2D eigenvalue weighted by Crippen LogP contribution is 2.41. The number of aromatic nitrogens is 3. The number of carbonyl (C=O) groups excluding carboxylic acids is 1. The molecule has 1 amide bonds. The molecule has 1 aromatic carbocycles. The fourth-order valence-electron chi connectivity index (χ4n) is 4.30. The minimum atomic E-state index is -4.69. The highest BCUT2D eigenvalue weighted by molar-refractivity contribution is 5.93. The van der Waals surface area contributed by atoms with Gasteiger partial charge in [0.2, 0.25) is 0 Å². The zero-order chi connectivity index (χ0) is 25.7. The number of nitrogens with zero attached hydrogens (tertiary/aromatic N) is 5. The summed E-state index contributed by atoms with van der Waals surface area (Å²) in [6.07, 6.45) is -3.05. The van der Waals surface area contributed by atoms with Crippen LogP contribution in [0.15, 0.2) is 36.8 Å². The summed E-state index contributed by atoms with van der Waals surface area (Å²) in [7, 11) is 0. The van der Waals surface area contributed by atoms with Gasteiger partial charge in [-0.15, -0.1) is 0 Å². The van der Waals surface area contributed by atoms with Crippen LogP contribution in [0, 0.1) is 5.82 Å². The molecule has 7 nitrogen and oxygen atoms in total. The summed E-state index contributed by atoms with van der Waals surface area (Å²) in [5.74, 6) is -0.464. The Bertz CT molecular complexity index is 1250. The molecule has 0 bridgehead atoms. The first-order valence-corrected chi connectivity index (χ1v) is 11.2. The Labute approximate surface area is 200 Å². The zero-order valence-electron chi connectivity index (χ0n) is 20.1. The highest BCUT2D eigenvalue weighted by Gasteiger charge is 2.40. The van der Waals surface area contributed by atoms with Crippen molar-refractivity contribution in [3.63, 3.8) is 0 Å². The summed E-state index contributed by atoms with van der Waals surface area (Å²) in [6, 6.07) is 4.60. The van der Waals surface area contributed by atoms with Crippen molar-refractivity contribution in [1.82, 2.24) is 19.4 Å². The normalized spacial score (nSPS) is 19.3. The molecule has 1 saturated heterocycles. The second kappa shape index (κ2) is 8.69. The number of alkyl halides is 3. The Kier molecular flexibility index (Phi) is 6.14. The summed E-state index contributed by atoms with van der Waals surface area (Å²) in [5.41, 5.74) is -1.35. The molecular formula is C24H27F4N5O2. The fourth-order valence-corrected chi connectivity index (χ4v) is 4.30. The number of amides is 1. The molecule has 0 radical (unpaired) electrons. The van der Waals surface area contributed by atoms with E-state index in [0.29, 0.717) is 0 Å². The molecule has 3 heterocycles. The standard InChI is InChI=1S/C24H27F4N5O2/c1-14-11-32(22(34)35-23(3,4)5)15(2)10-31(14)20-19-18(24(26,27)28)12-33(21(19)30-13-29-20)17-8-6-7-16(25)9-17/h6-9,12-15H,10-11H2,1-5H3. The van der Waals surface area contributed by atoms with Crippen LogP contribution in [-0.2, 0) is 10.9 Å². The van der Waals surface area contributed by atoms with Crippen molar-refractivity contribution >= 4 is 22.9 Å². The smallest absolute Gasteiger partial charge is 0.418 e. The van der Waals surface area contributed by atoms with Gasteiger partial charge in [0.1, 0.15) is 23.6 Å². The van der Waals surface area contributed by atoms with Crippen LogP contribution in [0.25, 0.3) is 16.7 Å². The lowest BCUT2D eigenvalue weighted by molar-refractivity contribution is -0.136. The van der Waals surface area contributed by atoms with E-state index in [1.807, 2.05) is 13.8 Å². The van der Waals surface area contributed by atoms with E-state index in [9.17, 15) is 22.4 Å². The molecule has 1 fully saturated rings. The Balaban J connectivity index is 1.78. The van der Waals surface area contributed by atoms with E-state index in [4.69, 9.17) is 4.74 Å². The van der Waals surface area contributed by atoms with Gasteiger partial charge in [0, 0.05) is 37.1 Å². The molecule has 35 heavy (non-hydrogen) atoms. The molecule has 0 aliphatic carbocycles. The third-order valence-corrected chi connectivity index (χ3v) is 5.84. The second-order valence-corrected chi connectivity index (χ2v) is 9.77. The van der Waals surface area contributed by atoms with E-state index in [1.165, 1.54) is 29.1 Å². The van der Waals surface area contributed by atoms with Crippen molar-refractivity contribution in [3.05, 3.63) is 48.2 Å². The van der Waals surface area contributed by atoms with E-state index in [2.05, 4.69) is 9.97 Å². The van der Waals surface area contributed by atoms with Gasteiger partial charge in [-0.3, -0.25) is 0 Å². The Morgan fingerprint density at radius 2 is 1.80 bits per heavy atom. The highest BCUT2D eigenvalue weighted by atomic mass is 19.4. The number of hydrogen-bond acceptors (Lipinski definition) is 5. The first kappa shape index (κ1) is 24.7. The number of rotatable bonds is 2. The molecule has 1 aliphatic rings. The van der Waals surface area contributed by atoms with Crippen LogP contribution in [0.5, 0.6) is 0 Å². The average molecular weight is 494 g/mol. The van der Waals surface area contributed by atoms with Crippen molar-refractivity contribution in [2.24, 2.45) is 0 Å². The molecular weight excluding hydrogens is 466 g/mol. The molecule has 4 rings (SSSR count). The van der Waals surface area contributed by atoms with Gasteiger partial charge in [0.15, 0.2) is 5.65 Å². The van der Waals surface area contributed by atoms with Crippen molar-refractivity contribution in [3.8, 4) is 5.69 Å². The largest absolute Gasteiger partial charge is 0.444 e. The summed E-state index contributed by atoms with van der Waals surface area (Å²) in [6.45, 7) is 9.43. The maximum absolute atomic E-state index is 14.1. The Morgan fingerprint density at radius 3 is 2.43 bits per heavy atom. The maximum atomic E-state index is 14.1. The van der Waals surface area contributed by atoms with Crippen LogP contribution in [0.3, 0.4) is 0 Å². The number of hydrogen-bond donors (Lipinski definition) is 0. The Hall–Kier alpha value is -3.37. The van der Waals surface area contributed by atoms with Gasteiger partial charge in [-0.05, 0) is 52.8 Å². The lowest BCUT2D eigenvalue weighted by atomic mass is 10.1. The predicted octanol–water partition coefficient (Wildman–Crippen LogP) is 5.41. The Morgan fingerprint density at radius 1 is 1.09 bits per heavy atom. The van der Waals surface area contributed by atoms with E-state index >= 15 is 0 Å². The van der Waals surface area contributed by atoms with Crippen LogP contribution in [0.2, 0.25) is 0 Å². The number of anilines is 1. The van der Waals surface area contributed by atoms with Gasteiger partial charge in [0.05, 0.1) is 10.9 Å². The lowest BCUT2D eigenvalue weighted by Crippen LogP contribution is -2.59. The van der Waals surface area contributed by atoms with Gasteiger partial charge in [-0.25, -0.2) is 19.2 Å². The predicted molar refractivity (Wildman–Crippen MR) is 123 cm³/mol. The number of piperazine rings is 1. The summed E-state index contributed by atoms with van der Waals surface area (Å²) < 4.78 is 63.0. The van der Waals surface area contributed by atoms with Gasteiger partial charge in [-0.1, -0.05) is 6.07 Å². The van der Waals surface area contributed by atoms with E-state index in [-0.39, 0.29) is 47.7 Å². The first-order valence-electron chi connectivity index (χ1n) is 11.2. The molecule has 11 heteroatoms. The summed E-state index contributed by atoms with van der Waals surface area (Å²) in [4.78, 5) is 24.4. The van der Waals surface area contributed by atoms with Crippen LogP contribution >= 0.6 is 0 Å². The van der Waals surface area contributed by atoms with E-state index in [1.54, 1.807) is 30.6 Å². The third-order valence-electron chi connectivity index (χ3n) is 5.84.